The van der Waals surface area contributed by atoms with Gasteiger partial charge in [0.05, 0.1) is 5.02 Å². The summed E-state index contributed by atoms with van der Waals surface area (Å²) in [5, 5.41) is 3.82. The largest absolute Gasteiger partial charge is 0.489 e. The van der Waals surface area contributed by atoms with E-state index in [1.165, 1.54) is 0 Å². The smallest absolute Gasteiger partial charge is 0.140 e. The van der Waals surface area contributed by atoms with Crippen molar-refractivity contribution in [2.24, 2.45) is 0 Å². The third-order valence-corrected chi connectivity index (χ3v) is 3.04. The van der Waals surface area contributed by atoms with Gasteiger partial charge in [-0.15, -0.1) is 0 Å². The molecule has 0 aliphatic carbocycles. The molecule has 94 valence electrons. The van der Waals surface area contributed by atoms with Gasteiger partial charge in [0.25, 0.3) is 0 Å². The monoisotopic (exact) mass is 258 g/mol. The Morgan fingerprint density at radius 3 is 2.82 bits per heavy atom. The maximum atomic E-state index is 12.1. The van der Waals surface area contributed by atoms with E-state index < -0.39 is 6.67 Å². The Morgan fingerprint density at radius 1 is 1.35 bits per heavy atom. The molecule has 1 heterocycles. The number of nitrogens with zero attached hydrogens (tertiary/aromatic N) is 1. The number of nitrogens with one attached hydrogen (secondary N) is 1. The first-order valence-corrected chi connectivity index (χ1v) is 6.13. The maximum Gasteiger partial charge on any atom is 0.140 e. The molecule has 0 bridgehead atoms. The second-order valence-corrected chi connectivity index (χ2v) is 4.30. The minimum absolute atomic E-state index is 0.0464. The van der Waals surface area contributed by atoms with Gasteiger partial charge >= 0.3 is 0 Å². The van der Waals surface area contributed by atoms with Crippen molar-refractivity contribution in [3.63, 3.8) is 0 Å². The fourth-order valence-corrected chi connectivity index (χ4v) is 2.04. The molecule has 1 aromatic rings. The molecule has 0 saturated carbocycles. The fourth-order valence-electron chi connectivity index (χ4n) is 1.87. The predicted molar refractivity (Wildman–Crippen MR) is 68.0 cm³/mol. The van der Waals surface area contributed by atoms with Crippen LogP contribution >= 0.6 is 11.6 Å². The number of rotatable bonds is 4. The van der Waals surface area contributed by atoms with Gasteiger partial charge in [-0.2, -0.15) is 0 Å². The first-order valence-electron chi connectivity index (χ1n) is 5.75. The van der Waals surface area contributed by atoms with Crippen LogP contribution in [0.4, 0.5) is 10.1 Å². The van der Waals surface area contributed by atoms with Crippen LogP contribution in [0, 0.1) is 0 Å². The summed E-state index contributed by atoms with van der Waals surface area (Å²) in [6, 6.07) is 5.64. The SMILES string of the molecule is FCCOc1cc(N2CCNCC2)ccc1Cl. The average molecular weight is 259 g/mol. The fraction of sp³-hybridized carbons (Fsp3) is 0.500. The highest BCUT2D eigenvalue weighted by Gasteiger charge is 2.12. The molecule has 0 amide bonds. The molecule has 1 fully saturated rings. The third-order valence-electron chi connectivity index (χ3n) is 2.73. The van der Waals surface area contributed by atoms with Crippen molar-refractivity contribution in [1.29, 1.82) is 0 Å². The lowest BCUT2D eigenvalue weighted by Crippen LogP contribution is -2.43. The van der Waals surface area contributed by atoms with Crippen LogP contribution in [0.15, 0.2) is 18.2 Å². The van der Waals surface area contributed by atoms with Gasteiger partial charge in [-0.3, -0.25) is 0 Å². The molecule has 1 aliphatic heterocycles. The number of halogens is 2. The topological polar surface area (TPSA) is 24.5 Å². The first kappa shape index (κ1) is 12.5. The highest BCUT2D eigenvalue weighted by Crippen LogP contribution is 2.29. The second-order valence-electron chi connectivity index (χ2n) is 3.89. The van der Waals surface area contributed by atoms with Crippen LogP contribution in [-0.2, 0) is 0 Å². The Kier molecular flexibility index (Phi) is 4.45. The van der Waals surface area contributed by atoms with Crippen molar-refractivity contribution in [2.75, 3.05) is 44.4 Å². The van der Waals surface area contributed by atoms with E-state index in [9.17, 15) is 4.39 Å². The van der Waals surface area contributed by atoms with Crippen LogP contribution in [0.1, 0.15) is 0 Å². The Morgan fingerprint density at radius 2 is 2.12 bits per heavy atom. The van der Waals surface area contributed by atoms with Crippen molar-refractivity contribution in [3.05, 3.63) is 23.2 Å². The molecule has 1 aromatic carbocycles. The van der Waals surface area contributed by atoms with Crippen LogP contribution in [0.25, 0.3) is 0 Å². The molecule has 3 nitrogen and oxygen atoms in total. The number of alkyl halides is 1. The second kappa shape index (κ2) is 6.07. The molecular weight excluding hydrogens is 243 g/mol. The summed E-state index contributed by atoms with van der Waals surface area (Å²) in [5.41, 5.74) is 1.07. The van der Waals surface area contributed by atoms with E-state index in [2.05, 4.69) is 10.2 Å². The van der Waals surface area contributed by atoms with Crippen molar-refractivity contribution in [3.8, 4) is 5.75 Å². The van der Waals surface area contributed by atoms with Crippen molar-refractivity contribution < 1.29 is 9.13 Å². The molecule has 0 spiro atoms. The minimum Gasteiger partial charge on any atom is -0.489 e. The zero-order valence-corrected chi connectivity index (χ0v) is 10.3. The predicted octanol–water partition coefficient (Wildman–Crippen LogP) is 2.10. The molecule has 1 N–H and O–H groups in total. The van der Waals surface area contributed by atoms with Crippen LogP contribution < -0.4 is 15.0 Å². The Balaban J connectivity index is 2.11. The normalized spacial score (nSPS) is 16.0. The number of hydrogen-bond donors (Lipinski definition) is 1. The van der Waals surface area contributed by atoms with Gasteiger partial charge in [-0.1, -0.05) is 11.6 Å². The maximum absolute atomic E-state index is 12.1. The summed E-state index contributed by atoms with van der Waals surface area (Å²) in [5.74, 6) is 0.556. The summed E-state index contributed by atoms with van der Waals surface area (Å²) in [7, 11) is 0. The lowest BCUT2D eigenvalue weighted by atomic mass is 10.2. The quantitative estimate of drug-likeness (QED) is 0.895. The van der Waals surface area contributed by atoms with Gasteiger partial charge in [0, 0.05) is 37.9 Å². The minimum atomic E-state index is -0.506. The molecule has 1 aliphatic rings. The molecule has 1 saturated heterocycles. The van der Waals surface area contributed by atoms with E-state index in [0.717, 1.165) is 31.9 Å². The first-order chi connectivity index (χ1) is 8.31. The molecule has 17 heavy (non-hydrogen) atoms. The zero-order chi connectivity index (χ0) is 12.1. The summed E-state index contributed by atoms with van der Waals surface area (Å²) in [6.07, 6.45) is 0. The molecule has 5 heteroatoms. The van der Waals surface area contributed by atoms with Gasteiger partial charge in [0.2, 0.25) is 0 Å². The standard InChI is InChI=1S/C12H16ClFN2O/c13-11-2-1-10(9-12(11)17-8-3-14)16-6-4-15-5-7-16/h1-2,9,15H,3-8H2. The van der Waals surface area contributed by atoms with Crippen LogP contribution in [-0.4, -0.2) is 39.5 Å². The van der Waals surface area contributed by atoms with Crippen LogP contribution in [0.5, 0.6) is 5.75 Å². The van der Waals surface area contributed by atoms with E-state index in [0.29, 0.717) is 10.8 Å². The van der Waals surface area contributed by atoms with Gasteiger partial charge in [0.1, 0.15) is 19.0 Å². The average Bonchev–Trinajstić information content (AvgIpc) is 2.39. The number of benzene rings is 1. The molecule has 0 unspecified atom stereocenters. The number of ether oxygens (including phenoxy) is 1. The summed E-state index contributed by atoms with van der Waals surface area (Å²) >= 11 is 5.99. The molecule has 2 rings (SSSR count). The molecule has 0 atom stereocenters. The van der Waals surface area contributed by atoms with E-state index in [4.69, 9.17) is 16.3 Å². The Hall–Kier alpha value is -1.00. The van der Waals surface area contributed by atoms with E-state index in [1.54, 1.807) is 6.07 Å². The number of hydrogen-bond acceptors (Lipinski definition) is 3. The van der Waals surface area contributed by atoms with E-state index in [-0.39, 0.29) is 6.61 Å². The van der Waals surface area contributed by atoms with E-state index >= 15 is 0 Å². The molecule has 0 radical (unpaired) electrons. The van der Waals surface area contributed by atoms with E-state index in [1.807, 2.05) is 12.1 Å². The highest BCUT2D eigenvalue weighted by atomic mass is 35.5. The van der Waals surface area contributed by atoms with Crippen LogP contribution in [0.2, 0.25) is 5.02 Å². The molecular formula is C12H16ClFN2O. The van der Waals surface area contributed by atoms with Gasteiger partial charge in [0.15, 0.2) is 0 Å². The summed E-state index contributed by atoms with van der Waals surface area (Å²) < 4.78 is 17.3. The van der Waals surface area contributed by atoms with Gasteiger partial charge in [-0.05, 0) is 12.1 Å². The van der Waals surface area contributed by atoms with Gasteiger partial charge in [-0.25, -0.2) is 4.39 Å². The lowest BCUT2D eigenvalue weighted by Gasteiger charge is -2.29. The Labute approximate surface area is 106 Å². The highest BCUT2D eigenvalue weighted by molar-refractivity contribution is 6.32. The Bertz CT molecular complexity index is 370. The van der Waals surface area contributed by atoms with Crippen molar-refractivity contribution in [1.82, 2.24) is 5.32 Å². The third kappa shape index (κ3) is 3.23. The zero-order valence-electron chi connectivity index (χ0n) is 9.59. The summed E-state index contributed by atoms with van der Waals surface area (Å²) in [4.78, 5) is 2.26. The number of piperazine rings is 1. The molecule has 0 aromatic heterocycles. The van der Waals surface area contributed by atoms with Crippen molar-refractivity contribution >= 4 is 17.3 Å². The lowest BCUT2D eigenvalue weighted by molar-refractivity contribution is 0.273. The summed E-state index contributed by atoms with van der Waals surface area (Å²) in [6.45, 7) is 3.42. The van der Waals surface area contributed by atoms with Crippen LogP contribution in [0.3, 0.4) is 0 Å². The number of anilines is 1. The van der Waals surface area contributed by atoms with Crippen molar-refractivity contribution in [2.45, 2.75) is 0 Å². The van der Waals surface area contributed by atoms with Gasteiger partial charge < -0.3 is 15.0 Å².